The number of ether oxygens (including phenoxy) is 2. The highest BCUT2D eigenvalue weighted by Gasteiger charge is 2.45. The second-order valence-corrected chi connectivity index (χ2v) is 3.63. The zero-order chi connectivity index (χ0) is 9.26. The van der Waals surface area contributed by atoms with E-state index in [1.165, 1.54) is 18.9 Å². The summed E-state index contributed by atoms with van der Waals surface area (Å²) in [6.07, 6.45) is 5.94. The van der Waals surface area contributed by atoms with Crippen LogP contribution in [0.5, 0.6) is 0 Å². The third-order valence-corrected chi connectivity index (χ3v) is 2.81. The van der Waals surface area contributed by atoms with E-state index in [1.807, 2.05) is 0 Å². The molecule has 2 rings (SSSR count). The molecule has 72 valence electrons. The molecule has 0 radical (unpaired) electrons. The molecule has 3 unspecified atom stereocenters. The van der Waals surface area contributed by atoms with Gasteiger partial charge in [-0.15, -0.1) is 0 Å². The molecule has 0 spiro atoms. The minimum atomic E-state index is -0.381. The quantitative estimate of drug-likeness (QED) is 0.481. The number of hydrogen-bond acceptors (Lipinski definition) is 3. The van der Waals surface area contributed by atoms with Gasteiger partial charge in [0.1, 0.15) is 0 Å². The van der Waals surface area contributed by atoms with E-state index in [0.717, 1.165) is 12.8 Å². The van der Waals surface area contributed by atoms with E-state index in [1.54, 1.807) is 0 Å². The third-order valence-electron chi connectivity index (χ3n) is 2.81. The van der Waals surface area contributed by atoms with Crippen LogP contribution >= 0.6 is 0 Å². The summed E-state index contributed by atoms with van der Waals surface area (Å²) < 4.78 is 10.5. The van der Waals surface area contributed by atoms with Gasteiger partial charge < -0.3 is 9.47 Å². The van der Waals surface area contributed by atoms with Crippen LogP contribution in [-0.4, -0.2) is 18.4 Å². The van der Waals surface area contributed by atoms with Crippen molar-refractivity contribution in [2.24, 2.45) is 5.92 Å². The molecule has 1 aliphatic carbocycles. The molecule has 2 aliphatic rings. The first-order valence-corrected chi connectivity index (χ1v) is 4.80. The Balaban J connectivity index is 1.83. The summed E-state index contributed by atoms with van der Waals surface area (Å²) in [5.41, 5.74) is 0. The molecule has 0 bridgehead atoms. The van der Waals surface area contributed by atoms with E-state index in [2.05, 4.69) is 6.58 Å². The third kappa shape index (κ3) is 1.61. The summed E-state index contributed by atoms with van der Waals surface area (Å²) in [5, 5.41) is 0. The zero-order valence-electron chi connectivity index (χ0n) is 7.57. The fourth-order valence-corrected chi connectivity index (χ4v) is 2.07. The standard InChI is InChI=1S/C10H14O3/c1-2-9(11)13-10-7-5-3-4-6-8(7)12-10/h2,7-8,10H,1,3-6H2. The Morgan fingerprint density at radius 2 is 2.23 bits per heavy atom. The van der Waals surface area contributed by atoms with Crippen molar-refractivity contribution in [1.29, 1.82) is 0 Å². The van der Waals surface area contributed by atoms with E-state index < -0.39 is 0 Å². The van der Waals surface area contributed by atoms with E-state index in [-0.39, 0.29) is 12.3 Å². The summed E-state index contributed by atoms with van der Waals surface area (Å²) in [4.78, 5) is 10.9. The summed E-state index contributed by atoms with van der Waals surface area (Å²) in [5.74, 6) is 0.0617. The fraction of sp³-hybridized carbons (Fsp3) is 0.700. The van der Waals surface area contributed by atoms with Crippen molar-refractivity contribution in [3.8, 4) is 0 Å². The van der Waals surface area contributed by atoms with Crippen LogP contribution in [0.15, 0.2) is 12.7 Å². The van der Waals surface area contributed by atoms with Gasteiger partial charge in [-0.05, 0) is 12.8 Å². The predicted octanol–water partition coefficient (Wildman–Crippen LogP) is 1.63. The van der Waals surface area contributed by atoms with Crippen LogP contribution in [0.1, 0.15) is 25.7 Å². The molecular weight excluding hydrogens is 168 g/mol. The first-order valence-electron chi connectivity index (χ1n) is 4.80. The molecule has 1 heterocycles. The highest BCUT2D eigenvalue weighted by molar-refractivity contribution is 5.81. The lowest BCUT2D eigenvalue weighted by Gasteiger charge is -2.46. The van der Waals surface area contributed by atoms with Gasteiger partial charge in [-0.2, -0.15) is 0 Å². The summed E-state index contributed by atoms with van der Waals surface area (Å²) in [6.45, 7) is 3.35. The predicted molar refractivity (Wildman–Crippen MR) is 46.9 cm³/mol. The van der Waals surface area contributed by atoms with Crippen molar-refractivity contribution in [2.45, 2.75) is 38.1 Å². The van der Waals surface area contributed by atoms with Gasteiger partial charge in [0.25, 0.3) is 0 Å². The van der Waals surface area contributed by atoms with E-state index in [4.69, 9.17) is 9.47 Å². The minimum absolute atomic E-state index is 0.296. The zero-order valence-corrected chi connectivity index (χ0v) is 7.57. The van der Waals surface area contributed by atoms with Gasteiger partial charge in [0, 0.05) is 12.0 Å². The van der Waals surface area contributed by atoms with Crippen LogP contribution in [0.2, 0.25) is 0 Å². The van der Waals surface area contributed by atoms with Crippen molar-refractivity contribution in [3.63, 3.8) is 0 Å². The molecular formula is C10H14O3. The number of fused-ring (bicyclic) bond motifs is 1. The largest absolute Gasteiger partial charge is 0.432 e. The van der Waals surface area contributed by atoms with Gasteiger partial charge >= 0.3 is 5.97 Å². The minimum Gasteiger partial charge on any atom is -0.432 e. The maximum atomic E-state index is 10.9. The lowest BCUT2D eigenvalue weighted by molar-refractivity contribution is -0.296. The fourth-order valence-electron chi connectivity index (χ4n) is 2.07. The van der Waals surface area contributed by atoms with Crippen LogP contribution in [0.25, 0.3) is 0 Å². The van der Waals surface area contributed by atoms with Gasteiger partial charge in [-0.25, -0.2) is 4.79 Å². The Kier molecular flexibility index (Phi) is 2.36. The summed E-state index contributed by atoms with van der Waals surface area (Å²) in [7, 11) is 0. The van der Waals surface area contributed by atoms with Crippen LogP contribution in [0, 0.1) is 5.92 Å². The average molecular weight is 182 g/mol. The second-order valence-electron chi connectivity index (χ2n) is 3.63. The molecule has 0 aromatic heterocycles. The smallest absolute Gasteiger partial charge is 0.332 e. The van der Waals surface area contributed by atoms with Gasteiger partial charge in [-0.1, -0.05) is 19.4 Å². The molecule has 13 heavy (non-hydrogen) atoms. The average Bonchev–Trinajstić information content (AvgIpc) is 2.14. The van der Waals surface area contributed by atoms with Crippen LogP contribution in [0.4, 0.5) is 0 Å². The SMILES string of the molecule is C=CC(=O)OC1OC2CCCCC21. The second kappa shape index (κ2) is 3.50. The number of carbonyl (C=O) groups is 1. The Hall–Kier alpha value is -0.830. The first-order chi connectivity index (χ1) is 6.31. The van der Waals surface area contributed by atoms with Gasteiger partial charge in [0.05, 0.1) is 6.10 Å². The maximum Gasteiger partial charge on any atom is 0.332 e. The molecule has 2 fully saturated rings. The molecule has 0 aromatic carbocycles. The first kappa shape index (κ1) is 8.75. The molecule has 0 aromatic rings. The monoisotopic (exact) mass is 182 g/mol. The van der Waals surface area contributed by atoms with E-state index >= 15 is 0 Å². The van der Waals surface area contributed by atoms with Crippen LogP contribution in [-0.2, 0) is 14.3 Å². The number of carbonyl (C=O) groups excluding carboxylic acids is 1. The van der Waals surface area contributed by atoms with Crippen molar-refractivity contribution < 1.29 is 14.3 Å². The van der Waals surface area contributed by atoms with Gasteiger partial charge in [0.15, 0.2) is 0 Å². The molecule has 3 heteroatoms. The molecule has 0 N–H and O–H groups in total. The van der Waals surface area contributed by atoms with Crippen molar-refractivity contribution in [3.05, 3.63) is 12.7 Å². The molecule has 3 nitrogen and oxygen atoms in total. The van der Waals surface area contributed by atoms with Crippen molar-refractivity contribution in [1.82, 2.24) is 0 Å². The van der Waals surface area contributed by atoms with Crippen LogP contribution in [0.3, 0.4) is 0 Å². The Morgan fingerprint density at radius 3 is 2.92 bits per heavy atom. The topological polar surface area (TPSA) is 35.5 Å². The molecule has 0 amide bonds. The molecule has 1 aliphatic heterocycles. The molecule has 1 saturated carbocycles. The van der Waals surface area contributed by atoms with E-state index in [9.17, 15) is 4.79 Å². The van der Waals surface area contributed by atoms with Gasteiger partial charge in [-0.3, -0.25) is 0 Å². The maximum absolute atomic E-state index is 10.9. The lowest BCUT2D eigenvalue weighted by atomic mass is 9.82. The highest BCUT2D eigenvalue weighted by atomic mass is 16.7. The van der Waals surface area contributed by atoms with Crippen molar-refractivity contribution >= 4 is 5.97 Å². The molecule has 3 atom stereocenters. The van der Waals surface area contributed by atoms with E-state index in [0.29, 0.717) is 12.0 Å². The summed E-state index contributed by atoms with van der Waals surface area (Å²) >= 11 is 0. The highest BCUT2D eigenvalue weighted by Crippen LogP contribution is 2.40. The summed E-state index contributed by atoms with van der Waals surface area (Å²) in [6, 6.07) is 0. The molecule has 1 saturated heterocycles. The Bertz CT molecular complexity index is 224. The number of rotatable bonds is 2. The number of esters is 1. The Morgan fingerprint density at radius 1 is 1.46 bits per heavy atom. The van der Waals surface area contributed by atoms with Gasteiger partial charge in [0.2, 0.25) is 6.29 Å². The van der Waals surface area contributed by atoms with Crippen molar-refractivity contribution in [2.75, 3.05) is 0 Å². The lowest BCUT2D eigenvalue weighted by Crippen LogP contribution is -2.52. The Labute approximate surface area is 77.7 Å². The van der Waals surface area contributed by atoms with Crippen LogP contribution < -0.4 is 0 Å². The normalized spacial score (nSPS) is 37.1. The number of hydrogen-bond donors (Lipinski definition) is 0.